The van der Waals surface area contributed by atoms with Gasteiger partial charge >= 0.3 is 0 Å². The van der Waals surface area contributed by atoms with E-state index in [1.165, 1.54) is 25.9 Å². The van der Waals surface area contributed by atoms with Crippen LogP contribution in [0.5, 0.6) is 0 Å². The van der Waals surface area contributed by atoms with Crippen molar-refractivity contribution in [1.29, 1.82) is 0 Å². The van der Waals surface area contributed by atoms with E-state index >= 15 is 0 Å². The molecule has 0 spiro atoms. The molecule has 1 saturated heterocycles. The van der Waals surface area contributed by atoms with E-state index in [1.807, 2.05) is 17.1 Å². The Labute approximate surface area is 90.6 Å². The van der Waals surface area contributed by atoms with E-state index in [0.29, 0.717) is 0 Å². The Hall–Kier alpha value is -0.870. The molecule has 2 rings (SSSR count). The Morgan fingerprint density at radius 1 is 1.47 bits per heavy atom. The van der Waals surface area contributed by atoms with Crippen LogP contribution in [0.15, 0.2) is 18.7 Å². The normalized spacial score (nSPS) is 20.9. The lowest BCUT2D eigenvalue weighted by Gasteiger charge is -2.08. The van der Waals surface area contributed by atoms with Gasteiger partial charge in [0, 0.05) is 25.5 Å². The molecular formula is C11H19N3O. The summed E-state index contributed by atoms with van der Waals surface area (Å²) in [6.07, 6.45) is 8.08. The van der Waals surface area contributed by atoms with Crippen molar-refractivity contribution < 1.29 is 4.74 Å². The van der Waals surface area contributed by atoms with E-state index in [0.717, 1.165) is 25.7 Å². The Morgan fingerprint density at radius 3 is 3.20 bits per heavy atom. The van der Waals surface area contributed by atoms with E-state index in [9.17, 15) is 0 Å². The highest BCUT2D eigenvalue weighted by Gasteiger charge is 2.13. The second kappa shape index (κ2) is 5.88. The number of nitrogens with zero attached hydrogens (tertiary/aromatic N) is 2. The molecule has 0 radical (unpaired) electrons. The lowest BCUT2D eigenvalue weighted by Crippen LogP contribution is -2.12. The van der Waals surface area contributed by atoms with Crippen molar-refractivity contribution in [2.24, 2.45) is 5.92 Å². The first kappa shape index (κ1) is 10.6. The van der Waals surface area contributed by atoms with Gasteiger partial charge in [-0.25, -0.2) is 4.98 Å². The fraction of sp³-hybridized carbons (Fsp3) is 0.727. The van der Waals surface area contributed by atoms with Crippen LogP contribution < -0.4 is 5.32 Å². The van der Waals surface area contributed by atoms with Gasteiger partial charge in [-0.1, -0.05) is 0 Å². The van der Waals surface area contributed by atoms with Crippen LogP contribution >= 0.6 is 0 Å². The molecule has 1 aromatic heterocycles. The van der Waals surface area contributed by atoms with Crippen molar-refractivity contribution in [3.05, 3.63) is 18.7 Å². The number of rotatable bonds is 6. The number of nitrogens with one attached hydrogen (secondary N) is 1. The van der Waals surface area contributed by atoms with Gasteiger partial charge in [0.25, 0.3) is 0 Å². The van der Waals surface area contributed by atoms with Gasteiger partial charge in [0.15, 0.2) is 0 Å². The lowest BCUT2D eigenvalue weighted by atomic mass is 10.1. The largest absolute Gasteiger partial charge is 0.380 e. The zero-order chi connectivity index (χ0) is 10.3. The van der Waals surface area contributed by atoms with Crippen LogP contribution in [0.3, 0.4) is 0 Å². The Kier molecular flexibility index (Phi) is 4.17. The Morgan fingerprint density at radius 2 is 2.47 bits per heavy atom. The molecule has 1 aliphatic heterocycles. The number of hydrogen-bond donors (Lipinski definition) is 1. The van der Waals surface area contributed by atoms with E-state index in [2.05, 4.69) is 10.3 Å². The van der Waals surface area contributed by atoms with Crippen molar-refractivity contribution >= 4 is 0 Å². The standard InChI is InChI=1S/C11H19N3O/c1-3-12-9-11(1)2-7-15-8-6-14-5-4-13-10-14/h4-5,10-12H,1-3,6-9H2. The molecule has 0 bridgehead atoms. The van der Waals surface area contributed by atoms with Gasteiger partial charge in [0.05, 0.1) is 12.9 Å². The third-order valence-electron chi connectivity index (χ3n) is 2.89. The first-order chi connectivity index (χ1) is 7.45. The van der Waals surface area contributed by atoms with Gasteiger partial charge in [0.1, 0.15) is 0 Å². The molecule has 0 aromatic carbocycles. The minimum absolute atomic E-state index is 0.788. The number of ether oxygens (including phenoxy) is 1. The van der Waals surface area contributed by atoms with Gasteiger partial charge in [-0.05, 0) is 31.8 Å². The maximum Gasteiger partial charge on any atom is 0.0946 e. The number of imidazole rings is 1. The summed E-state index contributed by atoms with van der Waals surface area (Å²) in [4.78, 5) is 3.98. The SMILES string of the molecule is c1cn(CCOCCC2CCNC2)cn1. The smallest absolute Gasteiger partial charge is 0.0946 e. The quantitative estimate of drug-likeness (QED) is 0.707. The molecule has 1 unspecified atom stereocenters. The molecule has 4 nitrogen and oxygen atoms in total. The maximum absolute atomic E-state index is 5.59. The Bertz CT molecular complexity index is 255. The first-order valence-electron chi connectivity index (χ1n) is 5.69. The average Bonchev–Trinajstić information content (AvgIpc) is 2.88. The third kappa shape index (κ3) is 3.64. The Balaban J connectivity index is 1.48. The molecule has 1 atom stereocenters. The molecule has 0 saturated carbocycles. The topological polar surface area (TPSA) is 39.1 Å². The summed E-state index contributed by atoms with van der Waals surface area (Å²) in [5, 5.41) is 3.37. The fourth-order valence-corrected chi connectivity index (χ4v) is 1.90. The van der Waals surface area contributed by atoms with E-state index in [-0.39, 0.29) is 0 Å². The summed E-state index contributed by atoms with van der Waals surface area (Å²) in [7, 11) is 0. The summed E-state index contributed by atoms with van der Waals surface area (Å²) in [6, 6.07) is 0. The van der Waals surface area contributed by atoms with Crippen LogP contribution in [0.1, 0.15) is 12.8 Å². The zero-order valence-corrected chi connectivity index (χ0v) is 9.06. The molecule has 84 valence electrons. The molecule has 4 heteroatoms. The van der Waals surface area contributed by atoms with Crippen LogP contribution in [0.4, 0.5) is 0 Å². The van der Waals surface area contributed by atoms with Crippen molar-refractivity contribution in [2.75, 3.05) is 26.3 Å². The molecule has 2 heterocycles. The number of hydrogen-bond acceptors (Lipinski definition) is 3. The fourth-order valence-electron chi connectivity index (χ4n) is 1.90. The van der Waals surface area contributed by atoms with E-state index in [1.54, 1.807) is 6.20 Å². The predicted molar refractivity (Wildman–Crippen MR) is 58.6 cm³/mol. The molecule has 0 aliphatic carbocycles. The second-order valence-electron chi connectivity index (χ2n) is 4.06. The molecule has 1 N–H and O–H groups in total. The summed E-state index contributed by atoms with van der Waals surface area (Å²) in [5.41, 5.74) is 0. The molecule has 15 heavy (non-hydrogen) atoms. The molecule has 1 aromatic rings. The summed E-state index contributed by atoms with van der Waals surface area (Å²) >= 11 is 0. The summed E-state index contributed by atoms with van der Waals surface area (Å²) < 4.78 is 7.63. The molecular weight excluding hydrogens is 190 g/mol. The minimum atomic E-state index is 0.788. The minimum Gasteiger partial charge on any atom is -0.380 e. The average molecular weight is 209 g/mol. The van der Waals surface area contributed by atoms with Crippen molar-refractivity contribution in [1.82, 2.24) is 14.9 Å². The van der Waals surface area contributed by atoms with Crippen LogP contribution in [0, 0.1) is 5.92 Å². The van der Waals surface area contributed by atoms with Crippen molar-refractivity contribution in [3.63, 3.8) is 0 Å². The van der Waals surface area contributed by atoms with Crippen LogP contribution in [0.25, 0.3) is 0 Å². The van der Waals surface area contributed by atoms with Gasteiger partial charge in [-0.2, -0.15) is 0 Å². The van der Waals surface area contributed by atoms with Gasteiger partial charge < -0.3 is 14.6 Å². The van der Waals surface area contributed by atoms with Crippen molar-refractivity contribution in [2.45, 2.75) is 19.4 Å². The molecule has 1 fully saturated rings. The molecule has 0 amide bonds. The molecule has 1 aliphatic rings. The van der Waals surface area contributed by atoms with Crippen LogP contribution in [-0.2, 0) is 11.3 Å². The maximum atomic E-state index is 5.59. The highest BCUT2D eigenvalue weighted by molar-refractivity contribution is 4.73. The van der Waals surface area contributed by atoms with Crippen LogP contribution in [0.2, 0.25) is 0 Å². The van der Waals surface area contributed by atoms with Gasteiger partial charge in [-0.3, -0.25) is 0 Å². The summed E-state index contributed by atoms with van der Waals surface area (Å²) in [5.74, 6) is 0.832. The third-order valence-corrected chi connectivity index (χ3v) is 2.89. The second-order valence-corrected chi connectivity index (χ2v) is 4.06. The monoisotopic (exact) mass is 209 g/mol. The highest BCUT2D eigenvalue weighted by atomic mass is 16.5. The summed E-state index contributed by atoms with van der Waals surface area (Å²) in [6.45, 7) is 4.94. The van der Waals surface area contributed by atoms with E-state index < -0.39 is 0 Å². The lowest BCUT2D eigenvalue weighted by molar-refractivity contribution is 0.114. The van der Waals surface area contributed by atoms with Gasteiger partial charge in [0.2, 0.25) is 0 Å². The van der Waals surface area contributed by atoms with Gasteiger partial charge in [-0.15, -0.1) is 0 Å². The van der Waals surface area contributed by atoms with E-state index in [4.69, 9.17) is 4.74 Å². The number of aromatic nitrogens is 2. The van der Waals surface area contributed by atoms with Crippen LogP contribution in [-0.4, -0.2) is 35.9 Å². The zero-order valence-electron chi connectivity index (χ0n) is 9.06. The van der Waals surface area contributed by atoms with Crippen molar-refractivity contribution in [3.8, 4) is 0 Å². The first-order valence-corrected chi connectivity index (χ1v) is 5.69. The predicted octanol–water partition coefficient (Wildman–Crippen LogP) is 0.899. The highest BCUT2D eigenvalue weighted by Crippen LogP contribution is 2.11.